The Kier molecular flexibility index (Phi) is 3.69. The molecule has 2 aliphatic rings. The molecular formula is C18H17BrN4O. The van der Waals surface area contributed by atoms with Gasteiger partial charge in [0.25, 0.3) is 5.91 Å². The molecule has 24 heavy (non-hydrogen) atoms. The van der Waals surface area contributed by atoms with Crippen LogP contribution in [0.1, 0.15) is 42.5 Å². The lowest BCUT2D eigenvalue weighted by atomic mass is 9.76. The van der Waals surface area contributed by atoms with E-state index in [1.54, 1.807) is 10.9 Å². The van der Waals surface area contributed by atoms with Crippen LogP contribution in [-0.4, -0.2) is 32.2 Å². The summed E-state index contributed by atoms with van der Waals surface area (Å²) in [5.41, 5.74) is 0.955. The van der Waals surface area contributed by atoms with E-state index in [-0.39, 0.29) is 11.9 Å². The van der Waals surface area contributed by atoms with Gasteiger partial charge in [0.15, 0.2) is 0 Å². The molecule has 0 saturated heterocycles. The van der Waals surface area contributed by atoms with Crippen LogP contribution in [0.5, 0.6) is 0 Å². The number of hydrogen-bond donors (Lipinski definition) is 0. The number of hydrogen-bond acceptors (Lipinski definition) is 3. The lowest BCUT2D eigenvalue weighted by Crippen LogP contribution is -2.56. The van der Waals surface area contributed by atoms with Gasteiger partial charge in [-0.15, -0.1) is 0 Å². The molecule has 0 bridgehead atoms. The molecule has 1 amide bonds. The van der Waals surface area contributed by atoms with Gasteiger partial charge in [0.2, 0.25) is 0 Å². The maximum Gasteiger partial charge on any atom is 0.255 e. The molecule has 1 aromatic heterocycles. The van der Waals surface area contributed by atoms with Gasteiger partial charge in [0.1, 0.15) is 5.54 Å². The average molecular weight is 385 g/mol. The van der Waals surface area contributed by atoms with E-state index in [1.165, 1.54) is 0 Å². The first-order chi connectivity index (χ1) is 11.6. The summed E-state index contributed by atoms with van der Waals surface area (Å²) in [6.45, 7) is 0. The summed E-state index contributed by atoms with van der Waals surface area (Å²) in [6.07, 6.45) is 8.23. The Balaban J connectivity index is 1.60. The maximum absolute atomic E-state index is 13.0. The Labute approximate surface area is 149 Å². The summed E-state index contributed by atoms with van der Waals surface area (Å²) >= 11 is 3.38. The molecule has 2 fully saturated rings. The minimum Gasteiger partial charge on any atom is -0.317 e. The summed E-state index contributed by atoms with van der Waals surface area (Å²) in [4.78, 5) is 14.9. The zero-order valence-electron chi connectivity index (χ0n) is 13.2. The fourth-order valence-electron chi connectivity index (χ4n) is 3.30. The predicted molar refractivity (Wildman–Crippen MR) is 92.7 cm³/mol. The van der Waals surface area contributed by atoms with Crippen molar-refractivity contribution in [2.24, 2.45) is 0 Å². The molecule has 122 valence electrons. The van der Waals surface area contributed by atoms with Crippen LogP contribution in [0.25, 0.3) is 5.69 Å². The molecular weight excluding hydrogens is 368 g/mol. The second-order valence-electron chi connectivity index (χ2n) is 6.55. The first-order valence-corrected chi connectivity index (χ1v) is 8.98. The number of rotatable bonds is 4. The van der Waals surface area contributed by atoms with Crippen molar-refractivity contribution >= 4 is 21.8 Å². The molecule has 0 atom stereocenters. The molecule has 0 spiro atoms. The Morgan fingerprint density at radius 1 is 1.33 bits per heavy atom. The molecule has 1 heterocycles. The van der Waals surface area contributed by atoms with E-state index in [9.17, 15) is 10.1 Å². The largest absolute Gasteiger partial charge is 0.317 e. The molecule has 5 nitrogen and oxygen atoms in total. The van der Waals surface area contributed by atoms with Gasteiger partial charge < -0.3 is 4.90 Å². The van der Waals surface area contributed by atoms with Gasteiger partial charge >= 0.3 is 0 Å². The zero-order chi connectivity index (χ0) is 16.7. The van der Waals surface area contributed by atoms with Gasteiger partial charge in [-0.1, -0.05) is 0 Å². The van der Waals surface area contributed by atoms with E-state index in [0.29, 0.717) is 5.56 Å². The minimum absolute atomic E-state index is 0.0213. The number of amides is 1. The van der Waals surface area contributed by atoms with Crippen molar-refractivity contribution in [3.63, 3.8) is 0 Å². The maximum atomic E-state index is 13.0. The van der Waals surface area contributed by atoms with Crippen LogP contribution in [0.15, 0.2) is 41.1 Å². The number of benzene rings is 1. The highest BCUT2D eigenvalue weighted by atomic mass is 79.9. The second-order valence-corrected chi connectivity index (χ2v) is 7.47. The van der Waals surface area contributed by atoms with Crippen LogP contribution in [0.3, 0.4) is 0 Å². The summed E-state index contributed by atoms with van der Waals surface area (Å²) in [6, 6.07) is 10.1. The van der Waals surface area contributed by atoms with Crippen LogP contribution in [0.4, 0.5) is 0 Å². The lowest BCUT2D eigenvalue weighted by Gasteiger charge is -2.45. The normalized spacial score (nSPS) is 18.5. The third-order valence-corrected chi connectivity index (χ3v) is 5.32. The third kappa shape index (κ3) is 2.53. The molecule has 0 N–H and O–H groups in total. The SMILES string of the molecule is N#CC1(N(C(=O)c2ccc(-n3cc(Br)cn3)cc2)C2CC2)CCC1. The number of nitriles is 1. The molecule has 1 aromatic carbocycles. The van der Waals surface area contributed by atoms with E-state index < -0.39 is 5.54 Å². The first kappa shape index (κ1) is 15.4. The van der Waals surface area contributed by atoms with E-state index in [4.69, 9.17) is 0 Å². The van der Waals surface area contributed by atoms with Crippen molar-refractivity contribution in [3.05, 3.63) is 46.7 Å². The average Bonchev–Trinajstić information content (AvgIpc) is 3.30. The van der Waals surface area contributed by atoms with E-state index in [0.717, 1.165) is 42.3 Å². The minimum atomic E-state index is -0.580. The van der Waals surface area contributed by atoms with Gasteiger partial charge in [-0.2, -0.15) is 10.4 Å². The summed E-state index contributed by atoms with van der Waals surface area (Å²) in [7, 11) is 0. The van der Waals surface area contributed by atoms with Crippen LogP contribution < -0.4 is 0 Å². The molecule has 2 aromatic rings. The van der Waals surface area contributed by atoms with Crippen molar-refractivity contribution in [2.75, 3.05) is 0 Å². The molecule has 2 saturated carbocycles. The molecule has 0 unspecified atom stereocenters. The van der Waals surface area contributed by atoms with Gasteiger partial charge in [0, 0.05) is 17.8 Å². The van der Waals surface area contributed by atoms with E-state index in [2.05, 4.69) is 27.1 Å². The zero-order valence-corrected chi connectivity index (χ0v) is 14.7. The number of aromatic nitrogens is 2. The van der Waals surface area contributed by atoms with Gasteiger partial charge in [-0.25, -0.2) is 4.68 Å². The lowest BCUT2D eigenvalue weighted by molar-refractivity contribution is 0.0361. The molecule has 2 aliphatic carbocycles. The highest BCUT2D eigenvalue weighted by molar-refractivity contribution is 9.10. The van der Waals surface area contributed by atoms with Crippen molar-refractivity contribution in [1.29, 1.82) is 5.26 Å². The van der Waals surface area contributed by atoms with Crippen LogP contribution in [-0.2, 0) is 0 Å². The summed E-state index contributed by atoms with van der Waals surface area (Å²) in [5, 5.41) is 13.9. The van der Waals surface area contributed by atoms with Crippen LogP contribution in [0.2, 0.25) is 0 Å². The van der Waals surface area contributed by atoms with Crippen LogP contribution in [0, 0.1) is 11.3 Å². The van der Waals surface area contributed by atoms with E-state index in [1.807, 2.05) is 35.4 Å². The highest BCUT2D eigenvalue weighted by Gasteiger charge is 2.51. The van der Waals surface area contributed by atoms with Crippen molar-refractivity contribution in [2.45, 2.75) is 43.7 Å². The Bertz CT molecular complexity index is 812. The van der Waals surface area contributed by atoms with Gasteiger partial charge in [-0.05, 0) is 72.3 Å². The number of carbonyl (C=O) groups is 1. The first-order valence-electron chi connectivity index (χ1n) is 8.18. The molecule has 0 radical (unpaired) electrons. The van der Waals surface area contributed by atoms with E-state index >= 15 is 0 Å². The number of halogens is 1. The molecule has 6 heteroatoms. The van der Waals surface area contributed by atoms with Crippen molar-refractivity contribution in [3.8, 4) is 11.8 Å². The topological polar surface area (TPSA) is 61.9 Å². The second kappa shape index (κ2) is 5.75. The fourth-order valence-corrected chi connectivity index (χ4v) is 3.58. The highest BCUT2D eigenvalue weighted by Crippen LogP contribution is 2.44. The van der Waals surface area contributed by atoms with Gasteiger partial charge in [0.05, 0.1) is 22.4 Å². The molecule has 0 aliphatic heterocycles. The van der Waals surface area contributed by atoms with Crippen molar-refractivity contribution < 1.29 is 4.79 Å². The Morgan fingerprint density at radius 2 is 2.04 bits per heavy atom. The van der Waals surface area contributed by atoms with Gasteiger partial charge in [-0.3, -0.25) is 4.79 Å². The monoisotopic (exact) mass is 384 g/mol. The summed E-state index contributed by atoms with van der Waals surface area (Å²) in [5.74, 6) is -0.0213. The standard InChI is InChI=1S/C18H17BrN4O/c19-14-10-21-22(11-14)15-4-2-13(3-5-15)17(24)23(16-6-7-16)18(12-20)8-1-9-18/h2-5,10-11,16H,1,6-9H2. The van der Waals surface area contributed by atoms with Crippen molar-refractivity contribution in [1.82, 2.24) is 14.7 Å². The quantitative estimate of drug-likeness (QED) is 0.807. The smallest absolute Gasteiger partial charge is 0.255 e. The van der Waals surface area contributed by atoms with Crippen LogP contribution >= 0.6 is 15.9 Å². The Hall–Kier alpha value is -2.13. The predicted octanol–water partition coefficient (Wildman–Crippen LogP) is 3.69. The Morgan fingerprint density at radius 3 is 2.50 bits per heavy atom. The number of carbonyl (C=O) groups excluding carboxylic acids is 1. The summed E-state index contributed by atoms with van der Waals surface area (Å²) < 4.78 is 2.66. The fraction of sp³-hybridized carbons (Fsp3) is 0.389. The molecule has 4 rings (SSSR count). The third-order valence-electron chi connectivity index (χ3n) is 4.91. The number of nitrogens with zero attached hydrogens (tertiary/aromatic N) is 4.